The summed E-state index contributed by atoms with van der Waals surface area (Å²) >= 11 is 0. The standard InChI is InChI=1S/C32H27N3O9S3/c1-20-30(33)18-23(19-31(20)47(42,43)44)32(21-2-6-24(7-3-21)34-26-10-14-28(15-11-26)45(36,37)38)22-4-8-25(9-5-22)35-27-12-16-29(17-13-27)46(39,40)41/h2-19,34H,33H2,1H3,(H,36,37,38)(H,39,40,41)(H,42,43,44). The van der Waals surface area contributed by atoms with Gasteiger partial charge in [-0.2, -0.15) is 25.3 Å². The summed E-state index contributed by atoms with van der Waals surface area (Å²) in [4.78, 5) is 3.64. The van der Waals surface area contributed by atoms with Crippen LogP contribution in [0.4, 0.5) is 22.7 Å². The van der Waals surface area contributed by atoms with E-state index in [0.717, 1.165) is 0 Å². The van der Waals surface area contributed by atoms with Gasteiger partial charge in [-0.15, -0.1) is 0 Å². The second kappa shape index (κ2) is 12.7. The van der Waals surface area contributed by atoms with Crippen molar-refractivity contribution in [2.75, 3.05) is 11.1 Å². The molecule has 0 bridgehead atoms. The number of nitrogen functional groups attached to an aromatic ring is 1. The van der Waals surface area contributed by atoms with Crippen molar-refractivity contribution in [3.05, 3.63) is 131 Å². The van der Waals surface area contributed by atoms with Crippen LogP contribution >= 0.6 is 0 Å². The van der Waals surface area contributed by atoms with Crippen molar-refractivity contribution in [1.29, 1.82) is 0 Å². The fraction of sp³-hybridized carbons (Fsp3) is 0.0312. The van der Waals surface area contributed by atoms with E-state index in [4.69, 9.17) is 5.73 Å². The lowest BCUT2D eigenvalue weighted by Gasteiger charge is -2.17. The molecule has 0 unspecified atom stereocenters. The maximum atomic E-state index is 12.2. The first kappa shape index (κ1) is 33.5. The van der Waals surface area contributed by atoms with Gasteiger partial charge in [0, 0.05) is 17.1 Å². The Hall–Kier alpha value is -4.90. The summed E-state index contributed by atoms with van der Waals surface area (Å²) in [6.45, 7) is 1.49. The minimum Gasteiger partial charge on any atom is -0.398 e. The van der Waals surface area contributed by atoms with Crippen molar-refractivity contribution < 1.29 is 38.9 Å². The first-order valence-corrected chi connectivity index (χ1v) is 17.9. The molecule has 6 N–H and O–H groups in total. The van der Waals surface area contributed by atoms with E-state index in [2.05, 4.69) is 10.3 Å². The van der Waals surface area contributed by atoms with Crippen LogP contribution in [0.1, 0.15) is 16.7 Å². The zero-order valence-electron chi connectivity index (χ0n) is 24.4. The Morgan fingerprint density at radius 2 is 1.13 bits per heavy atom. The number of allylic oxidation sites excluding steroid dienone is 5. The van der Waals surface area contributed by atoms with E-state index >= 15 is 0 Å². The summed E-state index contributed by atoms with van der Waals surface area (Å²) < 4.78 is 98.1. The second-order valence-electron chi connectivity index (χ2n) is 10.4. The first-order valence-electron chi connectivity index (χ1n) is 13.6. The SMILES string of the molecule is Cc1c(N)cc(C(=C2C=CC(=Nc3ccc(S(=O)(=O)O)cc3)C=C2)c2ccc(Nc3ccc(S(=O)(=O)O)cc3)cc2)cc1S(=O)(=O)O. The highest BCUT2D eigenvalue weighted by Gasteiger charge is 2.20. The van der Waals surface area contributed by atoms with E-state index in [-0.39, 0.29) is 25.9 Å². The van der Waals surface area contributed by atoms with Gasteiger partial charge in [-0.1, -0.05) is 24.3 Å². The van der Waals surface area contributed by atoms with Crippen molar-refractivity contribution in [2.45, 2.75) is 21.6 Å². The highest BCUT2D eigenvalue weighted by atomic mass is 32.2. The molecule has 0 atom stereocenters. The average molecular weight is 694 g/mol. The Morgan fingerprint density at radius 3 is 1.62 bits per heavy atom. The molecule has 1 aliphatic rings. The number of hydrogen-bond donors (Lipinski definition) is 5. The molecule has 0 fully saturated rings. The van der Waals surface area contributed by atoms with Crippen molar-refractivity contribution in [1.82, 2.24) is 0 Å². The topological polar surface area (TPSA) is 214 Å². The Kier molecular flexibility index (Phi) is 9.05. The number of nitrogens with two attached hydrogens (primary N) is 1. The Bertz CT molecular complexity index is 2310. The number of nitrogens with one attached hydrogen (secondary N) is 1. The predicted molar refractivity (Wildman–Crippen MR) is 179 cm³/mol. The number of nitrogens with zero attached hydrogens (tertiary/aromatic N) is 1. The maximum Gasteiger partial charge on any atom is 0.294 e. The van der Waals surface area contributed by atoms with Gasteiger partial charge in [0.25, 0.3) is 30.4 Å². The van der Waals surface area contributed by atoms with Crippen LogP contribution in [0.2, 0.25) is 0 Å². The molecule has 12 nitrogen and oxygen atoms in total. The molecule has 47 heavy (non-hydrogen) atoms. The first-order chi connectivity index (χ1) is 22.0. The van der Waals surface area contributed by atoms with Gasteiger partial charge in [-0.3, -0.25) is 13.7 Å². The second-order valence-corrected chi connectivity index (χ2v) is 14.6. The fourth-order valence-corrected chi connectivity index (χ4v) is 6.50. The van der Waals surface area contributed by atoms with Crippen LogP contribution in [-0.2, 0) is 30.4 Å². The molecule has 0 aliphatic heterocycles. The van der Waals surface area contributed by atoms with Gasteiger partial charge in [0.2, 0.25) is 0 Å². The summed E-state index contributed by atoms with van der Waals surface area (Å²) in [6.07, 6.45) is 6.93. The summed E-state index contributed by atoms with van der Waals surface area (Å²) in [7, 11) is -13.3. The van der Waals surface area contributed by atoms with Crippen LogP contribution in [-0.4, -0.2) is 44.6 Å². The molecular formula is C32H27N3O9S3. The molecule has 5 rings (SSSR count). The fourth-order valence-electron chi connectivity index (χ4n) is 4.76. The highest BCUT2D eigenvalue weighted by molar-refractivity contribution is 7.86. The largest absolute Gasteiger partial charge is 0.398 e. The molecule has 4 aromatic rings. The van der Waals surface area contributed by atoms with E-state index in [1.165, 1.54) is 61.5 Å². The minimum atomic E-state index is -4.61. The van der Waals surface area contributed by atoms with Crippen molar-refractivity contribution in [3.8, 4) is 0 Å². The molecule has 0 spiro atoms. The average Bonchev–Trinajstić information content (AvgIpc) is 3.00. The lowest BCUT2D eigenvalue weighted by Crippen LogP contribution is -2.06. The lowest BCUT2D eigenvalue weighted by molar-refractivity contribution is 0.480. The molecule has 0 heterocycles. The van der Waals surface area contributed by atoms with E-state index in [0.29, 0.717) is 45.0 Å². The molecule has 242 valence electrons. The third kappa shape index (κ3) is 7.91. The van der Waals surface area contributed by atoms with Gasteiger partial charge in [-0.05, 0) is 120 Å². The lowest BCUT2D eigenvalue weighted by atomic mass is 9.90. The van der Waals surface area contributed by atoms with Crippen molar-refractivity contribution in [2.24, 2.45) is 4.99 Å². The van der Waals surface area contributed by atoms with Gasteiger partial charge >= 0.3 is 0 Å². The smallest absolute Gasteiger partial charge is 0.294 e. The summed E-state index contributed by atoms with van der Waals surface area (Å²) in [6, 6.07) is 20.9. The van der Waals surface area contributed by atoms with Crippen LogP contribution in [0, 0.1) is 6.92 Å². The van der Waals surface area contributed by atoms with Gasteiger partial charge in [-0.25, -0.2) is 4.99 Å². The minimum absolute atomic E-state index is 0.152. The third-order valence-electron chi connectivity index (χ3n) is 7.13. The number of benzene rings is 4. The molecular weight excluding hydrogens is 667 g/mol. The monoisotopic (exact) mass is 693 g/mol. The maximum absolute atomic E-state index is 12.2. The molecule has 0 radical (unpaired) electrons. The molecule has 0 saturated carbocycles. The quantitative estimate of drug-likeness (QED) is 0.110. The molecule has 0 aromatic heterocycles. The van der Waals surface area contributed by atoms with Gasteiger partial charge in [0.1, 0.15) is 0 Å². The van der Waals surface area contributed by atoms with Crippen molar-refractivity contribution in [3.63, 3.8) is 0 Å². The van der Waals surface area contributed by atoms with E-state index < -0.39 is 30.4 Å². The van der Waals surface area contributed by atoms with E-state index in [9.17, 15) is 38.9 Å². The number of aliphatic imine (C=N–C) groups is 1. The highest BCUT2D eigenvalue weighted by Crippen LogP contribution is 2.35. The van der Waals surface area contributed by atoms with Crippen LogP contribution in [0.15, 0.2) is 134 Å². The summed E-state index contributed by atoms with van der Waals surface area (Å²) in [5, 5.41) is 3.14. The Labute approximate surface area is 271 Å². The van der Waals surface area contributed by atoms with E-state index in [1.54, 1.807) is 54.6 Å². The van der Waals surface area contributed by atoms with Gasteiger partial charge < -0.3 is 11.1 Å². The Balaban J connectivity index is 1.54. The third-order valence-corrected chi connectivity index (χ3v) is 9.85. The normalized spacial score (nSPS) is 13.4. The Morgan fingerprint density at radius 1 is 0.638 bits per heavy atom. The number of rotatable bonds is 8. The van der Waals surface area contributed by atoms with E-state index in [1.807, 2.05) is 0 Å². The zero-order chi connectivity index (χ0) is 34.1. The number of hydrogen-bond acceptors (Lipinski definition) is 9. The van der Waals surface area contributed by atoms with Crippen LogP contribution in [0.5, 0.6) is 0 Å². The molecule has 1 aliphatic carbocycles. The molecule has 15 heteroatoms. The summed E-state index contributed by atoms with van der Waals surface area (Å²) in [5.74, 6) is 0. The van der Waals surface area contributed by atoms with Gasteiger partial charge in [0.15, 0.2) is 0 Å². The van der Waals surface area contributed by atoms with Crippen LogP contribution in [0.25, 0.3) is 5.57 Å². The van der Waals surface area contributed by atoms with Crippen LogP contribution in [0.3, 0.4) is 0 Å². The molecule has 0 saturated heterocycles. The van der Waals surface area contributed by atoms with Crippen molar-refractivity contribution >= 4 is 64.4 Å². The van der Waals surface area contributed by atoms with Gasteiger partial charge in [0.05, 0.1) is 26.1 Å². The zero-order valence-corrected chi connectivity index (χ0v) is 26.9. The molecule has 0 amide bonds. The van der Waals surface area contributed by atoms with Crippen LogP contribution < -0.4 is 11.1 Å². The molecule has 4 aromatic carbocycles. The number of anilines is 3. The summed E-state index contributed by atoms with van der Waals surface area (Å²) in [5.41, 5.74) is 11.0. The predicted octanol–water partition coefficient (Wildman–Crippen LogP) is 5.76.